The van der Waals surface area contributed by atoms with E-state index in [4.69, 9.17) is 27.9 Å². The summed E-state index contributed by atoms with van der Waals surface area (Å²) in [5, 5.41) is 3.73. The fraction of sp³-hybridized carbons (Fsp3) is 0.300. The number of benzene rings is 2. The summed E-state index contributed by atoms with van der Waals surface area (Å²) in [6, 6.07) is 14.2. The van der Waals surface area contributed by atoms with Crippen molar-refractivity contribution in [3.05, 3.63) is 64.1 Å². The zero-order chi connectivity index (χ0) is 20.3. The molecule has 1 N–H and O–H groups in total. The van der Waals surface area contributed by atoms with E-state index in [2.05, 4.69) is 5.32 Å². The molecule has 148 valence electrons. The topological polar surface area (TPSA) is 58.6 Å². The summed E-state index contributed by atoms with van der Waals surface area (Å²) in [5.41, 5.74) is 0.889. The summed E-state index contributed by atoms with van der Waals surface area (Å²) in [4.78, 5) is 26.5. The van der Waals surface area contributed by atoms with E-state index in [1.54, 1.807) is 40.9 Å². The van der Waals surface area contributed by atoms with Crippen LogP contribution in [-0.4, -0.2) is 34.8 Å². The first-order valence-electron chi connectivity index (χ1n) is 8.65. The number of hydrogen-bond donors (Lipinski definition) is 1. The van der Waals surface area contributed by atoms with E-state index >= 15 is 0 Å². The zero-order valence-electron chi connectivity index (χ0n) is 15.4. The number of amides is 2. The van der Waals surface area contributed by atoms with Gasteiger partial charge in [-0.25, -0.2) is 4.79 Å². The molecule has 2 aromatic carbocycles. The van der Waals surface area contributed by atoms with Crippen LogP contribution < -0.4 is 5.32 Å². The van der Waals surface area contributed by atoms with Gasteiger partial charge in [0.1, 0.15) is 12.0 Å². The third kappa shape index (κ3) is 4.93. The predicted molar refractivity (Wildman–Crippen MR) is 114 cm³/mol. The number of ether oxygens (including phenoxy) is 1. The molecule has 2 aromatic rings. The molecule has 1 aliphatic rings. The summed E-state index contributed by atoms with van der Waals surface area (Å²) in [6.45, 7) is 3.83. The number of thioether (sulfide) groups is 1. The maximum absolute atomic E-state index is 12.5. The summed E-state index contributed by atoms with van der Waals surface area (Å²) in [7, 11) is 0. The summed E-state index contributed by atoms with van der Waals surface area (Å²) in [6.07, 6.45) is -0.585. The zero-order valence-corrected chi connectivity index (χ0v) is 17.8. The molecule has 0 bridgehead atoms. The molecule has 0 saturated carbocycles. The first kappa shape index (κ1) is 20.8. The van der Waals surface area contributed by atoms with Gasteiger partial charge in [-0.3, -0.25) is 10.1 Å². The van der Waals surface area contributed by atoms with Gasteiger partial charge in [-0.15, -0.1) is 11.8 Å². The number of rotatable bonds is 5. The highest BCUT2D eigenvalue weighted by Crippen LogP contribution is 2.43. The van der Waals surface area contributed by atoms with Crippen molar-refractivity contribution >= 4 is 52.7 Å². The van der Waals surface area contributed by atoms with Gasteiger partial charge in [0.25, 0.3) is 0 Å². The number of anilines is 1. The molecule has 0 spiro atoms. The van der Waals surface area contributed by atoms with Crippen molar-refractivity contribution in [2.75, 3.05) is 17.7 Å². The monoisotopic (exact) mass is 438 g/mol. The molecule has 8 heteroatoms. The van der Waals surface area contributed by atoms with E-state index in [-0.39, 0.29) is 17.9 Å². The number of carbonyl (C=O) groups excluding carboxylic acids is 2. The van der Waals surface area contributed by atoms with Crippen LogP contribution in [0, 0.1) is 0 Å². The van der Waals surface area contributed by atoms with Crippen LogP contribution >= 0.6 is 35.0 Å². The molecule has 1 atom stereocenters. The lowest BCUT2D eigenvalue weighted by Crippen LogP contribution is -2.49. The van der Waals surface area contributed by atoms with Gasteiger partial charge in [-0.05, 0) is 55.8 Å². The third-order valence-electron chi connectivity index (χ3n) is 4.32. The average molecular weight is 439 g/mol. The second kappa shape index (κ2) is 8.64. The van der Waals surface area contributed by atoms with Crippen LogP contribution in [0.4, 0.5) is 10.5 Å². The molecule has 1 unspecified atom stereocenters. The van der Waals surface area contributed by atoms with Crippen molar-refractivity contribution in [3.8, 4) is 0 Å². The second-order valence-corrected chi connectivity index (χ2v) is 8.94. The van der Waals surface area contributed by atoms with Gasteiger partial charge in [0.2, 0.25) is 5.91 Å². The Labute approximate surface area is 178 Å². The van der Waals surface area contributed by atoms with Gasteiger partial charge in [-0.2, -0.15) is 0 Å². The number of carbonyl (C=O) groups is 2. The van der Waals surface area contributed by atoms with E-state index < -0.39 is 11.6 Å². The highest BCUT2D eigenvalue weighted by molar-refractivity contribution is 8.00. The number of hydrogen-bond acceptors (Lipinski definition) is 4. The number of nitrogens with one attached hydrogen (secondary N) is 1. The van der Waals surface area contributed by atoms with Gasteiger partial charge in [0.05, 0.1) is 11.3 Å². The Kier molecular flexibility index (Phi) is 6.43. The molecule has 1 fully saturated rings. The summed E-state index contributed by atoms with van der Waals surface area (Å²) in [5.74, 6) is 0.393. The molecular weight excluding hydrogens is 419 g/mol. The Morgan fingerprint density at radius 2 is 1.71 bits per heavy atom. The lowest BCUT2D eigenvalue weighted by atomic mass is 10.0. The Hall–Kier alpha value is -1.89. The fourth-order valence-corrected chi connectivity index (χ4v) is 4.54. The second-order valence-electron chi connectivity index (χ2n) is 7.00. The summed E-state index contributed by atoms with van der Waals surface area (Å²) < 4.78 is 5.40. The number of nitrogens with zero attached hydrogens (tertiary/aromatic N) is 1. The normalized spacial score (nSPS) is 16.9. The molecular formula is C20H20Cl2N2O3S. The van der Waals surface area contributed by atoms with Crippen molar-refractivity contribution in [3.63, 3.8) is 0 Å². The van der Waals surface area contributed by atoms with Gasteiger partial charge < -0.3 is 9.64 Å². The molecule has 2 amide bonds. The highest BCUT2D eigenvalue weighted by Gasteiger charge is 2.42. The lowest BCUT2D eigenvalue weighted by molar-refractivity contribution is -0.134. The van der Waals surface area contributed by atoms with Crippen molar-refractivity contribution in [1.29, 1.82) is 0 Å². The van der Waals surface area contributed by atoms with E-state index in [1.165, 1.54) is 0 Å². The van der Waals surface area contributed by atoms with Crippen LogP contribution in [0.15, 0.2) is 48.5 Å². The smallest absolute Gasteiger partial charge is 0.411 e. The molecule has 0 aliphatic carbocycles. The van der Waals surface area contributed by atoms with E-state index in [0.29, 0.717) is 21.5 Å². The van der Waals surface area contributed by atoms with Crippen molar-refractivity contribution in [1.82, 2.24) is 4.90 Å². The summed E-state index contributed by atoms with van der Waals surface area (Å²) >= 11 is 13.4. The van der Waals surface area contributed by atoms with Gasteiger partial charge in [0, 0.05) is 15.7 Å². The molecule has 5 nitrogen and oxygen atoms in total. The Morgan fingerprint density at radius 3 is 2.32 bits per heavy atom. The average Bonchev–Trinajstić information content (AvgIpc) is 3.05. The molecule has 0 radical (unpaired) electrons. The van der Waals surface area contributed by atoms with E-state index in [9.17, 15) is 9.59 Å². The minimum atomic E-state index is -0.678. The maximum atomic E-state index is 12.5. The standard InChI is InChI=1S/C20H20Cl2N2O3S/c1-20(2,12-27-19(26)23-16-9-7-15(22)8-10-16)24-17(25)11-28-18(24)13-3-5-14(21)6-4-13/h3-10,18H,11-12H2,1-2H3,(H,23,26). The molecule has 28 heavy (non-hydrogen) atoms. The van der Waals surface area contributed by atoms with Crippen LogP contribution in [-0.2, 0) is 9.53 Å². The van der Waals surface area contributed by atoms with Crippen LogP contribution in [0.1, 0.15) is 24.8 Å². The molecule has 1 saturated heterocycles. The molecule has 0 aromatic heterocycles. The first-order chi connectivity index (χ1) is 13.3. The van der Waals surface area contributed by atoms with Crippen molar-refractivity contribution in [2.45, 2.75) is 24.8 Å². The van der Waals surface area contributed by atoms with Gasteiger partial charge >= 0.3 is 6.09 Å². The highest BCUT2D eigenvalue weighted by atomic mass is 35.5. The SMILES string of the molecule is CC(C)(COC(=O)Nc1ccc(Cl)cc1)N1C(=O)CSC1c1ccc(Cl)cc1. The third-order valence-corrected chi connectivity index (χ3v) is 6.04. The van der Waals surface area contributed by atoms with Crippen LogP contribution in [0.3, 0.4) is 0 Å². The molecule has 1 aliphatic heterocycles. The van der Waals surface area contributed by atoms with Crippen LogP contribution in [0.5, 0.6) is 0 Å². The minimum absolute atomic E-state index is 0.0108. The largest absolute Gasteiger partial charge is 0.447 e. The van der Waals surface area contributed by atoms with E-state index in [1.807, 2.05) is 38.1 Å². The van der Waals surface area contributed by atoms with E-state index in [0.717, 1.165) is 5.56 Å². The van der Waals surface area contributed by atoms with Gasteiger partial charge in [-0.1, -0.05) is 35.3 Å². The Morgan fingerprint density at radius 1 is 1.14 bits per heavy atom. The quantitative estimate of drug-likeness (QED) is 0.660. The minimum Gasteiger partial charge on any atom is -0.447 e. The maximum Gasteiger partial charge on any atom is 0.411 e. The first-order valence-corrected chi connectivity index (χ1v) is 10.5. The van der Waals surface area contributed by atoms with Crippen LogP contribution in [0.25, 0.3) is 0 Å². The predicted octanol–water partition coefficient (Wildman–Crippen LogP) is 5.59. The fourth-order valence-electron chi connectivity index (χ4n) is 2.95. The van der Waals surface area contributed by atoms with Crippen LogP contribution in [0.2, 0.25) is 10.0 Å². The van der Waals surface area contributed by atoms with Crippen molar-refractivity contribution < 1.29 is 14.3 Å². The lowest BCUT2D eigenvalue weighted by Gasteiger charge is -2.38. The molecule has 1 heterocycles. The van der Waals surface area contributed by atoms with Crippen molar-refractivity contribution in [2.24, 2.45) is 0 Å². The molecule has 3 rings (SSSR count). The number of halogens is 2. The Bertz CT molecular complexity index is 857. The Balaban J connectivity index is 1.66. The van der Waals surface area contributed by atoms with Gasteiger partial charge in [0.15, 0.2) is 0 Å².